The predicted octanol–water partition coefficient (Wildman–Crippen LogP) is 3.46. The Bertz CT molecular complexity index is 1110. The summed E-state index contributed by atoms with van der Waals surface area (Å²) in [5.74, 6) is 2.36. The van der Waals surface area contributed by atoms with E-state index >= 15 is 0 Å². The van der Waals surface area contributed by atoms with Gasteiger partial charge in [-0.2, -0.15) is 0 Å². The standard InChI is InChI=1S/C24H25N3O4/c1-2-26(15-17-7-8-21-22(13-17)31-16-30-21)23-14-19(18-5-3-4-6-20(18)25-23)24(28)27-9-11-29-12-10-27/h3-8,13-14H,2,9-12,15-16H2,1H3. The van der Waals surface area contributed by atoms with Crippen molar-refractivity contribution < 1.29 is 19.0 Å². The number of fused-ring (bicyclic) bond motifs is 2. The van der Waals surface area contributed by atoms with Crippen molar-refractivity contribution in [3.8, 4) is 11.5 Å². The summed E-state index contributed by atoms with van der Waals surface area (Å²) >= 11 is 0. The van der Waals surface area contributed by atoms with Gasteiger partial charge in [-0.3, -0.25) is 4.79 Å². The molecule has 1 saturated heterocycles. The molecule has 0 saturated carbocycles. The molecule has 3 heterocycles. The smallest absolute Gasteiger partial charge is 0.254 e. The third-order valence-corrected chi connectivity index (χ3v) is 5.75. The molecule has 0 radical (unpaired) electrons. The van der Waals surface area contributed by atoms with Crippen molar-refractivity contribution in [1.29, 1.82) is 0 Å². The van der Waals surface area contributed by atoms with Crippen LogP contribution in [0.25, 0.3) is 10.9 Å². The van der Waals surface area contributed by atoms with Crippen molar-refractivity contribution in [2.24, 2.45) is 0 Å². The van der Waals surface area contributed by atoms with Crippen molar-refractivity contribution in [3.05, 3.63) is 59.7 Å². The largest absolute Gasteiger partial charge is 0.454 e. The fourth-order valence-corrected chi connectivity index (χ4v) is 4.05. The van der Waals surface area contributed by atoms with Crippen LogP contribution in [0.1, 0.15) is 22.8 Å². The van der Waals surface area contributed by atoms with Crippen LogP contribution in [0.2, 0.25) is 0 Å². The quantitative estimate of drug-likeness (QED) is 0.631. The Morgan fingerprint density at radius 3 is 2.71 bits per heavy atom. The zero-order valence-electron chi connectivity index (χ0n) is 17.5. The average molecular weight is 419 g/mol. The molecule has 2 aliphatic rings. The van der Waals surface area contributed by atoms with Gasteiger partial charge in [0.2, 0.25) is 6.79 Å². The fourth-order valence-electron chi connectivity index (χ4n) is 4.05. The van der Waals surface area contributed by atoms with Crippen molar-refractivity contribution >= 4 is 22.6 Å². The molecule has 5 rings (SSSR count). The van der Waals surface area contributed by atoms with Gasteiger partial charge < -0.3 is 24.0 Å². The molecule has 0 aliphatic carbocycles. The lowest BCUT2D eigenvalue weighted by atomic mass is 10.1. The van der Waals surface area contributed by atoms with Gasteiger partial charge in [-0.05, 0) is 36.8 Å². The minimum absolute atomic E-state index is 0.0299. The first-order valence-corrected chi connectivity index (χ1v) is 10.6. The maximum absolute atomic E-state index is 13.4. The topological polar surface area (TPSA) is 64.1 Å². The van der Waals surface area contributed by atoms with E-state index in [9.17, 15) is 4.79 Å². The Morgan fingerprint density at radius 2 is 1.87 bits per heavy atom. The van der Waals surface area contributed by atoms with Crippen molar-refractivity contribution in [2.45, 2.75) is 13.5 Å². The highest BCUT2D eigenvalue weighted by Gasteiger charge is 2.23. The van der Waals surface area contributed by atoms with Crippen LogP contribution in [0, 0.1) is 0 Å². The number of nitrogens with zero attached hydrogens (tertiary/aromatic N) is 3. The van der Waals surface area contributed by atoms with Gasteiger partial charge in [-0.15, -0.1) is 0 Å². The molecule has 3 aromatic rings. The van der Waals surface area contributed by atoms with Crippen molar-refractivity contribution in [1.82, 2.24) is 9.88 Å². The van der Waals surface area contributed by atoms with Gasteiger partial charge in [0, 0.05) is 31.6 Å². The monoisotopic (exact) mass is 419 g/mol. The van der Waals surface area contributed by atoms with E-state index in [0.717, 1.165) is 40.3 Å². The van der Waals surface area contributed by atoms with Gasteiger partial charge in [0.1, 0.15) is 5.82 Å². The van der Waals surface area contributed by atoms with E-state index in [0.29, 0.717) is 38.4 Å². The number of carbonyl (C=O) groups is 1. The van der Waals surface area contributed by atoms with E-state index in [-0.39, 0.29) is 12.7 Å². The fraction of sp³-hybridized carbons (Fsp3) is 0.333. The summed E-state index contributed by atoms with van der Waals surface area (Å²) in [5, 5.41) is 0.877. The Morgan fingerprint density at radius 1 is 1.06 bits per heavy atom. The normalized spacial score (nSPS) is 15.3. The molecule has 31 heavy (non-hydrogen) atoms. The third-order valence-electron chi connectivity index (χ3n) is 5.75. The summed E-state index contributed by atoms with van der Waals surface area (Å²) in [7, 11) is 0. The molecular formula is C24H25N3O4. The van der Waals surface area contributed by atoms with Gasteiger partial charge in [-0.25, -0.2) is 4.98 Å². The number of morpholine rings is 1. The molecule has 0 unspecified atom stereocenters. The minimum Gasteiger partial charge on any atom is -0.454 e. The van der Waals surface area contributed by atoms with E-state index in [2.05, 4.69) is 11.8 Å². The second kappa shape index (κ2) is 8.43. The lowest BCUT2D eigenvalue weighted by Crippen LogP contribution is -2.40. The Hall–Kier alpha value is -3.32. The minimum atomic E-state index is 0.0299. The number of pyridine rings is 1. The summed E-state index contributed by atoms with van der Waals surface area (Å²) < 4.78 is 16.4. The summed E-state index contributed by atoms with van der Waals surface area (Å²) in [6, 6.07) is 15.7. The molecule has 7 heteroatoms. The number of hydrogen-bond donors (Lipinski definition) is 0. The van der Waals surface area contributed by atoms with Gasteiger partial charge in [0.15, 0.2) is 11.5 Å². The average Bonchev–Trinajstić information content (AvgIpc) is 3.30. The number of benzene rings is 2. The van der Waals surface area contributed by atoms with Crippen molar-refractivity contribution in [3.63, 3.8) is 0 Å². The lowest BCUT2D eigenvalue weighted by Gasteiger charge is -2.28. The first kappa shape index (κ1) is 19.6. The molecule has 1 amide bonds. The number of rotatable bonds is 5. The van der Waals surface area contributed by atoms with Crippen LogP contribution in [0.15, 0.2) is 48.5 Å². The Balaban J connectivity index is 1.50. The molecule has 1 aromatic heterocycles. The van der Waals surface area contributed by atoms with Crippen molar-refractivity contribution in [2.75, 3.05) is 44.5 Å². The maximum atomic E-state index is 13.4. The highest BCUT2D eigenvalue weighted by molar-refractivity contribution is 6.07. The first-order chi connectivity index (χ1) is 15.2. The zero-order valence-corrected chi connectivity index (χ0v) is 17.5. The van der Waals surface area contributed by atoms with Gasteiger partial charge >= 0.3 is 0 Å². The van der Waals surface area contributed by atoms with Crippen LogP contribution in [-0.2, 0) is 11.3 Å². The summed E-state index contributed by atoms with van der Waals surface area (Å²) in [5.41, 5.74) is 2.61. The maximum Gasteiger partial charge on any atom is 0.254 e. The van der Waals surface area contributed by atoms with Crippen LogP contribution in [0.5, 0.6) is 11.5 Å². The van der Waals surface area contributed by atoms with Crippen LogP contribution in [0.4, 0.5) is 5.82 Å². The SMILES string of the molecule is CCN(Cc1ccc2c(c1)OCO2)c1cc(C(=O)N2CCOCC2)c2ccccc2n1. The molecule has 0 bridgehead atoms. The number of anilines is 1. The molecule has 1 fully saturated rings. The summed E-state index contributed by atoms with van der Waals surface area (Å²) in [6.45, 7) is 6.14. The second-order valence-electron chi connectivity index (χ2n) is 7.65. The number of amides is 1. The molecule has 7 nitrogen and oxygen atoms in total. The molecular weight excluding hydrogens is 394 g/mol. The zero-order chi connectivity index (χ0) is 21.2. The number of hydrogen-bond acceptors (Lipinski definition) is 6. The number of carbonyl (C=O) groups excluding carboxylic acids is 1. The van der Waals surface area contributed by atoms with Crippen LogP contribution >= 0.6 is 0 Å². The summed E-state index contributed by atoms with van der Waals surface area (Å²) in [6.07, 6.45) is 0. The molecule has 2 aliphatic heterocycles. The molecule has 2 aromatic carbocycles. The molecule has 0 N–H and O–H groups in total. The molecule has 0 spiro atoms. The number of aromatic nitrogens is 1. The van der Waals surface area contributed by atoms with Gasteiger partial charge in [-0.1, -0.05) is 24.3 Å². The van der Waals surface area contributed by atoms with Crippen LogP contribution < -0.4 is 14.4 Å². The number of para-hydroxylation sites is 1. The number of ether oxygens (including phenoxy) is 3. The van der Waals surface area contributed by atoms with Gasteiger partial charge in [0.25, 0.3) is 5.91 Å². The van der Waals surface area contributed by atoms with E-state index < -0.39 is 0 Å². The van der Waals surface area contributed by atoms with E-state index in [1.165, 1.54) is 0 Å². The van der Waals surface area contributed by atoms with Crippen LogP contribution in [-0.4, -0.2) is 55.4 Å². The highest BCUT2D eigenvalue weighted by atomic mass is 16.7. The first-order valence-electron chi connectivity index (χ1n) is 10.6. The molecule has 160 valence electrons. The van der Waals surface area contributed by atoms with E-state index in [1.807, 2.05) is 53.4 Å². The molecule has 0 atom stereocenters. The van der Waals surface area contributed by atoms with Crippen LogP contribution in [0.3, 0.4) is 0 Å². The van der Waals surface area contributed by atoms with E-state index in [1.54, 1.807) is 0 Å². The van der Waals surface area contributed by atoms with E-state index in [4.69, 9.17) is 19.2 Å². The van der Waals surface area contributed by atoms with Gasteiger partial charge in [0.05, 0.1) is 24.3 Å². The Kier molecular flexibility index (Phi) is 5.34. The summed E-state index contributed by atoms with van der Waals surface area (Å²) in [4.78, 5) is 22.3. The lowest BCUT2D eigenvalue weighted by molar-refractivity contribution is 0.0304. The third kappa shape index (κ3) is 3.88. The Labute approximate surface area is 181 Å². The predicted molar refractivity (Wildman–Crippen MR) is 118 cm³/mol. The second-order valence-corrected chi connectivity index (χ2v) is 7.65. The highest BCUT2D eigenvalue weighted by Crippen LogP contribution is 2.33.